The fourth-order valence-corrected chi connectivity index (χ4v) is 1.77. The number of pyridine rings is 1. The summed E-state index contributed by atoms with van der Waals surface area (Å²) in [4.78, 5) is 4.19. The molecule has 0 amide bonds. The van der Waals surface area contributed by atoms with Gasteiger partial charge in [-0.25, -0.2) is 0 Å². The number of benzene rings is 1. The van der Waals surface area contributed by atoms with Gasteiger partial charge < -0.3 is 15.5 Å². The second kappa shape index (κ2) is 4.96. The van der Waals surface area contributed by atoms with Gasteiger partial charge in [-0.05, 0) is 44.2 Å². The molecule has 0 fully saturated rings. The minimum atomic E-state index is -0.124. The summed E-state index contributed by atoms with van der Waals surface area (Å²) in [6.45, 7) is 3.84. The molecule has 0 radical (unpaired) electrons. The Morgan fingerprint density at radius 2 is 1.94 bits per heavy atom. The molecule has 4 nitrogen and oxygen atoms in total. The van der Waals surface area contributed by atoms with Gasteiger partial charge in [0.2, 0.25) is 0 Å². The van der Waals surface area contributed by atoms with Crippen molar-refractivity contribution in [2.24, 2.45) is 0 Å². The molecule has 4 heteroatoms. The van der Waals surface area contributed by atoms with Crippen molar-refractivity contribution in [3.05, 3.63) is 47.8 Å². The highest BCUT2D eigenvalue weighted by Gasteiger charge is 2.11. The highest BCUT2D eigenvalue weighted by molar-refractivity contribution is 5.47. The molecular formula is C14H16N2O2. The Hall–Kier alpha value is -2.23. The van der Waals surface area contributed by atoms with E-state index in [1.54, 1.807) is 12.3 Å². The molecule has 3 N–H and O–H groups in total. The first kappa shape index (κ1) is 12.2. The molecule has 1 unspecified atom stereocenters. The number of phenols is 2. The third-order valence-electron chi connectivity index (χ3n) is 2.77. The van der Waals surface area contributed by atoms with Gasteiger partial charge in [0.25, 0.3) is 0 Å². The summed E-state index contributed by atoms with van der Waals surface area (Å²) < 4.78 is 0. The van der Waals surface area contributed by atoms with Gasteiger partial charge in [0, 0.05) is 11.3 Å². The zero-order valence-corrected chi connectivity index (χ0v) is 10.4. The van der Waals surface area contributed by atoms with Crippen molar-refractivity contribution in [2.75, 3.05) is 5.32 Å². The molecule has 2 rings (SSSR count). The molecule has 0 saturated carbocycles. The lowest BCUT2D eigenvalue weighted by Gasteiger charge is -2.17. The van der Waals surface area contributed by atoms with Crippen molar-refractivity contribution in [1.82, 2.24) is 4.98 Å². The van der Waals surface area contributed by atoms with Crippen LogP contribution in [0.15, 0.2) is 36.5 Å². The van der Waals surface area contributed by atoms with Gasteiger partial charge in [-0.3, -0.25) is 4.98 Å². The second-order valence-corrected chi connectivity index (χ2v) is 4.30. The Bertz CT molecular complexity index is 538. The van der Waals surface area contributed by atoms with E-state index in [-0.39, 0.29) is 17.5 Å². The van der Waals surface area contributed by atoms with Crippen LogP contribution in [-0.2, 0) is 0 Å². The maximum absolute atomic E-state index is 9.76. The van der Waals surface area contributed by atoms with Crippen molar-refractivity contribution in [1.29, 1.82) is 0 Å². The maximum atomic E-state index is 9.76. The smallest absolute Gasteiger partial charge is 0.121 e. The zero-order valence-electron chi connectivity index (χ0n) is 10.4. The lowest BCUT2D eigenvalue weighted by molar-refractivity contribution is 0.451. The summed E-state index contributed by atoms with van der Waals surface area (Å²) in [6.07, 6.45) is 1.74. The Morgan fingerprint density at radius 1 is 1.17 bits per heavy atom. The van der Waals surface area contributed by atoms with Crippen molar-refractivity contribution in [3.63, 3.8) is 0 Å². The summed E-state index contributed by atoms with van der Waals surface area (Å²) in [5.41, 5.74) is 2.47. The van der Waals surface area contributed by atoms with Gasteiger partial charge in [-0.2, -0.15) is 0 Å². The molecular weight excluding hydrogens is 228 g/mol. The molecule has 1 aromatic carbocycles. The van der Waals surface area contributed by atoms with Crippen LogP contribution in [-0.4, -0.2) is 15.2 Å². The highest BCUT2D eigenvalue weighted by Crippen LogP contribution is 2.29. The monoisotopic (exact) mass is 244 g/mol. The van der Waals surface area contributed by atoms with Gasteiger partial charge >= 0.3 is 0 Å². The summed E-state index contributed by atoms with van der Waals surface area (Å²) in [7, 11) is 0. The number of aryl methyl sites for hydroxylation is 1. The van der Waals surface area contributed by atoms with Crippen LogP contribution in [0, 0.1) is 6.92 Å². The highest BCUT2D eigenvalue weighted by atomic mass is 16.3. The number of hydrogen-bond acceptors (Lipinski definition) is 4. The number of aromatic hydroxyl groups is 2. The minimum absolute atomic E-state index is 0.124. The summed E-state index contributed by atoms with van der Waals surface area (Å²) in [5.74, 6) is 0.298. The Kier molecular flexibility index (Phi) is 3.37. The first-order valence-electron chi connectivity index (χ1n) is 5.77. The predicted octanol–water partition coefficient (Wildman–Crippen LogP) is 2.97. The SMILES string of the molecule is Cc1ccc(NC(C)c2cc(O)ccc2O)cn1. The number of rotatable bonds is 3. The normalized spacial score (nSPS) is 12.1. The van der Waals surface area contributed by atoms with Crippen molar-refractivity contribution in [2.45, 2.75) is 19.9 Å². The van der Waals surface area contributed by atoms with Gasteiger partial charge in [0.1, 0.15) is 11.5 Å². The van der Waals surface area contributed by atoms with Crippen LogP contribution in [0.3, 0.4) is 0 Å². The molecule has 1 heterocycles. The van der Waals surface area contributed by atoms with Gasteiger partial charge in [-0.15, -0.1) is 0 Å². The Morgan fingerprint density at radius 3 is 2.61 bits per heavy atom. The lowest BCUT2D eigenvalue weighted by atomic mass is 10.1. The van der Waals surface area contributed by atoms with Crippen molar-refractivity contribution in [3.8, 4) is 11.5 Å². The number of nitrogens with one attached hydrogen (secondary N) is 1. The van der Waals surface area contributed by atoms with Crippen LogP contribution in [0.25, 0.3) is 0 Å². The molecule has 0 saturated heterocycles. The van der Waals surface area contributed by atoms with Gasteiger partial charge in [0.05, 0.1) is 17.9 Å². The average Bonchev–Trinajstić information content (AvgIpc) is 2.35. The summed E-state index contributed by atoms with van der Waals surface area (Å²) in [5, 5.41) is 22.4. The Balaban J connectivity index is 2.18. The van der Waals surface area contributed by atoms with Crippen LogP contribution in [0.5, 0.6) is 11.5 Å². The van der Waals surface area contributed by atoms with E-state index in [1.165, 1.54) is 12.1 Å². The van der Waals surface area contributed by atoms with Gasteiger partial charge in [0.15, 0.2) is 0 Å². The van der Waals surface area contributed by atoms with E-state index >= 15 is 0 Å². The quantitative estimate of drug-likeness (QED) is 0.726. The molecule has 2 aromatic rings. The third-order valence-corrected chi connectivity index (χ3v) is 2.77. The van der Waals surface area contributed by atoms with E-state index in [0.29, 0.717) is 5.56 Å². The molecule has 18 heavy (non-hydrogen) atoms. The van der Waals surface area contributed by atoms with Crippen LogP contribution in [0.2, 0.25) is 0 Å². The molecule has 0 spiro atoms. The van der Waals surface area contributed by atoms with Crippen LogP contribution in [0.1, 0.15) is 24.2 Å². The topological polar surface area (TPSA) is 65.4 Å². The van der Waals surface area contributed by atoms with E-state index < -0.39 is 0 Å². The molecule has 0 aliphatic heterocycles. The fourth-order valence-electron chi connectivity index (χ4n) is 1.77. The largest absolute Gasteiger partial charge is 0.508 e. The number of hydrogen-bond donors (Lipinski definition) is 3. The number of phenolic OH excluding ortho intramolecular Hbond substituents is 2. The molecule has 94 valence electrons. The van der Waals surface area contributed by atoms with E-state index in [4.69, 9.17) is 0 Å². The Labute approximate surface area is 106 Å². The second-order valence-electron chi connectivity index (χ2n) is 4.30. The van der Waals surface area contributed by atoms with E-state index in [0.717, 1.165) is 11.4 Å². The molecule has 0 aliphatic carbocycles. The van der Waals surface area contributed by atoms with Crippen molar-refractivity contribution < 1.29 is 10.2 Å². The standard InChI is InChI=1S/C14H16N2O2/c1-9-3-4-11(8-15-9)16-10(2)13-7-12(17)5-6-14(13)18/h3-8,10,16-18H,1-2H3. The van der Waals surface area contributed by atoms with E-state index in [9.17, 15) is 10.2 Å². The fraction of sp³-hybridized carbons (Fsp3) is 0.214. The first-order valence-corrected chi connectivity index (χ1v) is 5.77. The number of nitrogens with zero attached hydrogens (tertiary/aromatic N) is 1. The molecule has 1 atom stereocenters. The van der Waals surface area contributed by atoms with Crippen molar-refractivity contribution >= 4 is 5.69 Å². The van der Waals surface area contributed by atoms with Crippen LogP contribution >= 0.6 is 0 Å². The number of aromatic nitrogens is 1. The molecule has 0 bridgehead atoms. The van der Waals surface area contributed by atoms with Crippen LogP contribution < -0.4 is 5.32 Å². The maximum Gasteiger partial charge on any atom is 0.121 e. The third kappa shape index (κ3) is 2.71. The average molecular weight is 244 g/mol. The summed E-state index contributed by atoms with van der Waals surface area (Å²) in [6, 6.07) is 8.21. The number of anilines is 1. The van der Waals surface area contributed by atoms with E-state index in [1.807, 2.05) is 26.0 Å². The predicted molar refractivity (Wildman–Crippen MR) is 70.8 cm³/mol. The molecule has 0 aliphatic rings. The van der Waals surface area contributed by atoms with E-state index in [2.05, 4.69) is 10.3 Å². The molecule has 1 aromatic heterocycles. The van der Waals surface area contributed by atoms with Crippen LogP contribution in [0.4, 0.5) is 5.69 Å². The summed E-state index contributed by atoms with van der Waals surface area (Å²) >= 11 is 0. The minimum Gasteiger partial charge on any atom is -0.508 e. The lowest BCUT2D eigenvalue weighted by Crippen LogP contribution is -2.07. The first-order chi connectivity index (χ1) is 8.56. The van der Waals surface area contributed by atoms with Gasteiger partial charge in [-0.1, -0.05) is 0 Å². The zero-order chi connectivity index (χ0) is 13.1.